The molecule has 0 aliphatic heterocycles. The van der Waals surface area contributed by atoms with Gasteiger partial charge in [0.15, 0.2) is 0 Å². The Bertz CT molecular complexity index is 293. The number of rotatable bonds is 7. The van der Waals surface area contributed by atoms with E-state index in [1.54, 1.807) is 14.0 Å². The largest absolute Gasteiger partial charge is 0.481 e. The maximum Gasteiger partial charge on any atom is 0.317 e. The van der Waals surface area contributed by atoms with E-state index >= 15 is 0 Å². The topological polar surface area (TPSA) is 113 Å². The molecule has 0 fully saturated rings. The molecule has 7 heteroatoms. The van der Waals surface area contributed by atoms with Gasteiger partial charge in [-0.1, -0.05) is 0 Å². The molecule has 4 N–H and O–H groups in total. The van der Waals surface area contributed by atoms with Crippen LogP contribution >= 0.6 is 0 Å². The predicted molar refractivity (Wildman–Crippen MR) is 61.3 cm³/mol. The van der Waals surface area contributed by atoms with Crippen LogP contribution in [0.25, 0.3) is 0 Å². The van der Waals surface area contributed by atoms with Crippen LogP contribution in [0.3, 0.4) is 0 Å². The molecule has 0 aromatic heterocycles. The Hall–Kier alpha value is -1.79. The molecule has 17 heavy (non-hydrogen) atoms. The number of nitrogens with zero attached hydrogens (tertiary/aromatic N) is 1. The summed E-state index contributed by atoms with van der Waals surface area (Å²) in [5, 5.41) is 11.0. The summed E-state index contributed by atoms with van der Waals surface area (Å²) in [6, 6.07) is -0.675. The van der Waals surface area contributed by atoms with Crippen molar-refractivity contribution in [1.29, 1.82) is 0 Å². The molecule has 1 unspecified atom stereocenters. The monoisotopic (exact) mass is 245 g/mol. The van der Waals surface area contributed by atoms with E-state index in [4.69, 9.17) is 10.8 Å². The van der Waals surface area contributed by atoms with Gasteiger partial charge in [-0.25, -0.2) is 4.79 Å². The van der Waals surface area contributed by atoms with Gasteiger partial charge in [0.2, 0.25) is 5.91 Å². The van der Waals surface area contributed by atoms with Gasteiger partial charge >= 0.3 is 12.0 Å². The summed E-state index contributed by atoms with van der Waals surface area (Å²) >= 11 is 0. The van der Waals surface area contributed by atoms with E-state index < -0.39 is 11.9 Å². The molecule has 0 spiro atoms. The summed E-state index contributed by atoms with van der Waals surface area (Å²) < 4.78 is 0. The van der Waals surface area contributed by atoms with Crippen molar-refractivity contribution in [2.24, 2.45) is 5.73 Å². The number of amides is 3. The van der Waals surface area contributed by atoms with Crippen molar-refractivity contribution in [3.05, 3.63) is 0 Å². The van der Waals surface area contributed by atoms with E-state index in [-0.39, 0.29) is 24.9 Å². The molecule has 0 aromatic rings. The molecule has 0 saturated carbocycles. The van der Waals surface area contributed by atoms with Gasteiger partial charge in [-0.05, 0) is 13.3 Å². The van der Waals surface area contributed by atoms with E-state index in [1.807, 2.05) is 0 Å². The third-order valence-electron chi connectivity index (χ3n) is 2.11. The Kier molecular flexibility index (Phi) is 6.69. The SMILES string of the molecule is CC(CC(N)=O)NC(=O)N(C)CCCC(=O)O. The predicted octanol–water partition coefficient (Wildman–Crippen LogP) is -0.243. The second kappa shape index (κ2) is 7.48. The first-order valence-corrected chi connectivity index (χ1v) is 5.34. The Morgan fingerprint density at radius 3 is 2.47 bits per heavy atom. The number of nitrogens with two attached hydrogens (primary N) is 1. The fourth-order valence-corrected chi connectivity index (χ4v) is 1.24. The summed E-state index contributed by atoms with van der Waals surface area (Å²) in [6.07, 6.45) is 0.493. The van der Waals surface area contributed by atoms with Gasteiger partial charge in [0.05, 0.1) is 0 Å². The van der Waals surface area contributed by atoms with Crippen molar-refractivity contribution >= 4 is 17.9 Å². The maximum absolute atomic E-state index is 11.5. The first-order valence-electron chi connectivity index (χ1n) is 5.34. The number of aliphatic carboxylic acids is 1. The van der Waals surface area contributed by atoms with Crippen molar-refractivity contribution in [3.8, 4) is 0 Å². The fraction of sp³-hybridized carbons (Fsp3) is 0.700. The van der Waals surface area contributed by atoms with Gasteiger partial charge < -0.3 is 21.1 Å². The summed E-state index contributed by atoms with van der Waals surface area (Å²) in [6.45, 7) is 2.02. The number of carbonyl (C=O) groups is 3. The van der Waals surface area contributed by atoms with Crippen LogP contribution in [0, 0.1) is 0 Å². The van der Waals surface area contributed by atoms with Crippen LogP contribution in [-0.4, -0.2) is 47.5 Å². The second-order valence-corrected chi connectivity index (χ2v) is 3.94. The number of primary amides is 1. The van der Waals surface area contributed by atoms with E-state index in [1.165, 1.54) is 4.90 Å². The lowest BCUT2D eigenvalue weighted by Gasteiger charge is -2.20. The van der Waals surface area contributed by atoms with Gasteiger partial charge in [-0.15, -0.1) is 0 Å². The maximum atomic E-state index is 11.5. The van der Waals surface area contributed by atoms with E-state index in [2.05, 4.69) is 5.32 Å². The Balaban J connectivity index is 3.88. The molecule has 98 valence electrons. The van der Waals surface area contributed by atoms with Crippen LogP contribution in [0.5, 0.6) is 0 Å². The van der Waals surface area contributed by atoms with Crippen LogP contribution in [-0.2, 0) is 9.59 Å². The molecule has 3 amide bonds. The molecular formula is C10H19N3O4. The van der Waals surface area contributed by atoms with Crippen molar-refractivity contribution < 1.29 is 19.5 Å². The van der Waals surface area contributed by atoms with E-state index in [0.717, 1.165) is 0 Å². The quantitative estimate of drug-likeness (QED) is 0.574. The highest BCUT2D eigenvalue weighted by molar-refractivity contribution is 5.77. The Labute approximate surface area is 100.0 Å². The second-order valence-electron chi connectivity index (χ2n) is 3.94. The Morgan fingerprint density at radius 1 is 1.41 bits per heavy atom. The van der Waals surface area contributed by atoms with E-state index in [0.29, 0.717) is 13.0 Å². The molecular weight excluding hydrogens is 226 g/mol. The van der Waals surface area contributed by atoms with Gasteiger partial charge in [0.25, 0.3) is 0 Å². The molecule has 0 rings (SSSR count). The lowest BCUT2D eigenvalue weighted by atomic mass is 10.2. The molecule has 7 nitrogen and oxygen atoms in total. The summed E-state index contributed by atoms with van der Waals surface area (Å²) in [4.78, 5) is 33.8. The fourth-order valence-electron chi connectivity index (χ4n) is 1.24. The highest BCUT2D eigenvalue weighted by Crippen LogP contribution is 1.96. The normalized spacial score (nSPS) is 11.6. The minimum atomic E-state index is -0.888. The van der Waals surface area contributed by atoms with Crippen molar-refractivity contribution in [1.82, 2.24) is 10.2 Å². The van der Waals surface area contributed by atoms with Crippen LogP contribution in [0.2, 0.25) is 0 Å². The van der Waals surface area contributed by atoms with Crippen LogP contribution in [0.4, 0.5) is 4.79 Å². The Morgan fingerprint density at radius 2 is 2.00 bits per heavy atom. The zero-order valence-corrected chi connectivity index (χ0v) is 10.1. The van der Waals surface area contributed by atoms with Gasteiger partial charge in [0.1, 0.15) is 0 Å². The number of carbonyl (C=O) groups excluding carboxylic acids is 2. The molecule has 0 aliphatic carbocycles. The molecule has 0 saturated heterocycles. The van der Waals surface area contributed by atoms with Gasteiger partial charge in [-0.2, -0.15) is 0 Å². The summed E-state index contributed by atoms with van der Waals surface area (Å²) in [5.74, 6) is -1.37. The average Bonchev–Trinajstić information content (AvgIpc) is 2.15. The van der Waals surface area contributed by atoms with Crippen molar-refractivity contribution in [2.75, 3.05) is 13.6 Å². The smallest absolute Gasteiger partial charge is 0.317 e. The number of nitrogens with one attached hydrogen (secondary N) is 1. The average molecular weight is 245 g/mol. The molecule has 0 heterocycles. The van der Waals surface area contributed by atoms with Crippen LogP contribution < -0.4 is 11.1 Å². The van der Waals surface area contributed by atoms with Gasteiger partial charge in [-0.3, -0.25) is 9.59 Å². The lowest BCUT2D eigenvalue weighted by molar-refractivity contribution is -0.137. The molecule has 0 aliphatic rings. The first kappa shape index (κ1) is 15.2. The third-order valence-corrected chi connectivity index (χ3v) is 2.11. The number of urea groups is 1. The summed E-state index contributed by atoms with van der Waals surface area (Å²) in [5.41, 5.74) is 4.99. The summed E-state index contributed by atoms with van der Waals surface area (Å²) in [7, 11) is 1.56. The zero-order chi connectivity index (χ0) is 13.4. The molecule has 1 atom stereocenters. The first-order chi connectivity index (χ1) is 7.82. The minimum Gasteiger partial charge on any atom is -0.481 e. The molecule has 0 bridgehead atoms. The highest BCUT2D eigenvalue weighted by Gasteiger charge is 2.13. The number of carboxylic acids is 1. The van der Waals surface area contributed by atoms with Gasteiger partial charge in [0, 0.05) is 32.5 Å². The van der Waals surface area contributed by atoms with Crippen LogP contribution in [0.15, 0.2) is 0 Å². The molecule has 0 aromatic carbocycles. The van der Waals surface area contributed by atoms with Crippen LogP contribution in [0.1, 0.15) is 26.2 Å². The number of hydrogen-bond acceptors (Lipinski definition) is 3. The minimum absolute atomic E-state index is 0.0223. The number of carboxylic acid groups (broad SMARTS) is 1. The molecule has 0 radical (unpaired) electrons. The zero-order valence-electron chi connectivity index (χ0n) is 10.1. The van der Waals surface area contributed by atoms with Crippen molar-refractivity contribution in [2.45, 2.75) is 32.2 Å². The standard InChI is InChI=1S/C10H19N3O4/c1-7(6-8(11)14)12-10(17)13(2)5-3-4-9(15)16/h7H,3-6H2,1-2H3,(H2,11,14)(H,12,17)(H,15,16). The number of hydrogen-bond donors (Lipinski definition) is 3. The van der Waals surface area contributed by atoms with Crippen molar-refractivity contribution in [3.63, 3.8) is 0 Å². The third kappa shape index (κ3) is 8.06. The highest BCUT2D eigenvalue weighted by atomic mass is 16.4. The lowest BCUT2D eigenvalue weighted by Crippen LogP contribution is -2.43. The van der Waals surface area contributed by atoms with E-state index in [9.17, 15) is 14.4 Å².